The molecule has 1 saturated heterocycles. The molecule has 1 aromatic carbocycles. The van der Waals surface area contributed by atoms with Gasteiger partial charge in [0.2, 0.25) is 5.91 Å². The molecule has 14 nitrogen and oxygen atoms in total. The quantitative estimate of drug-likeness (QED) is 0.240. The molecule has 264 valence electrons. The van der Waals surface area contributed by atoms with Crippen LogP contribution in [-0.2, 0) is 19.1 Å². The van der Waals surface area contributed by atoms with E-state index in [0.717, 1.165) is 5.56 Å². The summed E-state index contributed by atoms with van der Waals surface area (Å²) in [4.78, 5) is 69.1. The lowest BCUT2D eigenvalue weighted by Crippen LogP contribution is -2.56. The Balaban J connectivity index is 1.40. The highest BCUT2D eigenvalue weighted by molar-refractivity contribution is 7.17. The fraction of sp³-hybridized carbons (Fsp3) is 0.485. The highest BCUT2D eigenvalue weighted by atomic mass is 35.5. The van der Waals surface area contributed by atoms with Crippen molar-refractivity contribution < 1.29 is 28.7 Å². The number of amides is 3. The number of thiazole rings is 1. The zero-order valence-corrected chi connectivity index (χ0v) is 30.5. The number of aryl methyl sites for hydroxylation is 2. The molecule has 1 atom stereocenters. The zero-order chi connectivity index (χ0) is 36.1. The number of carbonyl (C=O) groups excluding carboxylic acids is 4. The van der Waals surface area contributed by atoms with E-state index in [1.54, 1.807) is 65.5 Å². The first kappa shape index (κ1) is 37.3. The lowest BCUT2D eigenvalue weighted by Gasteiger charge is -2.37. The predicted octanol–water partition coefficient (Wildman–Crippen LogP) is 5.47. The molecule has 0 aliphatic carbocycles. The SMILES string of the molecule is Cc1nc(Nc2ncc(C(=O)Nc3c(C)cccc3Cl)s2)cc(N2CCN(C(=O)[C@H](CC(=O)OC(C)(C)C)NC(=O)OC(C)(C)C)CC2)n1. The van der Waals surface area contributed by atoms with Gasteiger partial charge in [0.25, 0.3) is 5.91 Å². The Morgan fingerprint density at radius 1 is 0.980 bits per heavy atom. The highest BCUT2D eigenvalue weighted by Crippen LogP contribution is 2.28. The maximum Gasteiger partial charge on any atom is 0.408 e. The van der Waals surface area contributed by atoms with Gasteiger partial charge in [0, 0.05) is 32.2 Å². The van der Waals surface area contributed by atoms with Crippen molar-refractivity contribution in [1.29, 1.82) is 0 Å². The van der Waals surface area contributed by atoms with Crippen molar-refractivity contribution in [2.45, 2.75) is 79.1 Å². The second-order valence-corrected chi connectivity index (χ2v) is 14.9. The fourth-order valence-electron chi connectivity index (χ4n) is 4.87. The average Bonchev–Trinajstić information content (AvgIpc) is 3.45. The Hall–Kier alpha value is -4.50. The minimum Gasteiger partial charge on any atom is -0.460 e. The molecule has 16 heteroatoms. The van der Waals surface area contributed by atoms with E-state index >= 15 is 0 Å². The summed E-state index contributed by atoms with van der Waals surface area (Å²) in [5.74, 6) is 0.294. The maximum atomic E-state index is 13.6. The molecule has 3 aromatic rings. The summed E-state index contributed by atoms with van der Waals surface area (Å²) in [5, 5.41) is 9.49. The molecular formula is C33H43ClN8O6S. The molecule has 1 fully saturated rings. The molecule has 0 spiro atoms. The van der Waals surface area contributed by atoms with Crippen LogP contribution in [0.1, 0.15) is 69.0 Å². The lowest BCUT2D eigenvalue weighted by molar-refractivity contribution is -0.157. The minimum atomic E-state index is -1.16. The van der Waals surface area contributed by atoms with Crippen LogP contribution >= 0.6 is 22.9 Å². The minimum absolute atomic E-state index is 0.321. The van der Waals surface area contributed by atoms with Gasteiger partial charge in [0.1, 0.15) is 39.6 Å². The van der Waals surface area contributed by atoms with E-state index in [1.807, 2.05) is 24.0 Å². The first-order valence-electron chi connectivity index (χ1n) is 15.8. The third-order valence-electron chi connectivity index (χ3n) is 6.94. The number of nitrogens with zero attached hydrogens (tertiary/aromatic N) is 5. The smallest absolute Gasteiger partial charge is 0.408 e. The van der Waals surface area contributed by atoms with Gasteiger partial charge >= 0.3 is 12.1 Å². The van der Waals surface area contributed by atoms with Gasteiger partial charge in [0.15, 0.2) is 5.13 Å². The van der Waals surface area contributed by atoms with Crippen molar-refractivity contribution in [1.82, 2.24) is 25.2 Å². The molecule has 2 aromatic heterocycles. The molecule has 3 N–H and O–H groups in total. The number of anilines is 4. The number of aromatic nitrogens is 3. The van der Waals surface area contributed by atoms with Crippen molar-refractivity contribution in [3.8, 4) is 0 Å². The lowest BCUT2D eigenvalue weighted by atomic mass is 10.1. The molecule has 3 amide bonds. The summed E-state index contributed by atoms with van der Waals surface area (Å²) in [6.07, 6.45) is 0.344. The summed E-state index contributed by atoms with van der Waals surface area (Å²) in [5.41, 5.74) is -0.145. The Morgan fingerprint density at radius 3 is 2.29 bits per heavy atom. The molecule has 0 saturated carbocycles. The van der Waals surface area contributed by atoms with E-state index in [0.29, 0.717) is 64.4 Å². The monoisotopic (exact) mass is 714 g/mol. The van der Waals surface area contributed by atoms with Gasteiger partial charge < -0.3 is 35.2 Å². The second-order valence-electron chi connectivity index (χ2n) is 13.5. The van der Waals surface area contributed by atoms with E-state index in [4.69, 9.17) is 21.1 Å². The van der Waals surface area contributed by atoms with Gasteiger partial charge in [-0.1, -0.05) is 35.1 Å². The Bertz CT molecular complexity index is 1640. The Kier molecular flexibility index (Phi) is 11.7. The topological polar surface area (TPSA) is 168 Å². The van der Waals surface area contributed by atoms with Crippen LogP contribution in [0.15, 0.2) is 30.5 Å². The van der Waals surface area contributed by atoms with Crippen LogP contribution in [0.3, 0.4) is 0 Å². The highest BCUT2D eigenvalue weighted by Gasteiger charge is 2.33. The normalized spacial score (nSPS) is 14.1. The molecule has 49 heavy (non-hydrogen) atoms. The average molecular weight is 715 g/mol. The largest absolute Gasteiger partial charge is 0.460 e. The van der Waals surface area contributed by atoms with Crippen molar-refractivity contribution in [3.63, 3.8) is 0 Å². The fourth-order valence-corrected chi connectivity index (χ4v) is 5.85. The van der Waals surface area contributed by atoms with Crippen LogP contribution in [0.25, 0.3) is 0 Å². The van der Waals surface area contributed by atoms with E-state index in [1.165, 1.54) is 17.5 Å². The van der Waals surface area contributed by atoms with Gasteiger partial charge in [-0.25, -0.2) is 19.7 Å². The number of benzene rings is 1. The van der Waals surface area contributed by atoms with Crippen LogP contribution in [-0.4, -0.2) is 87.2 Å². The summed E-state index contributed by atoms with van der Waals surface area (Å²) < 4.78 is 10.8. The maximum absolute atomic E-state index is 13.6. The second kappa shape index (κ2) is 15.4. The molecule has 0 radical (unpaired) electrons. The summed E-state index contributed by atoms with van der Waals surface area (Å²) >= 11 is 7.43. The van der Waals surface area contributed by atoms with E-state index < -0.39 is 35.2 Å². The van der Waals surface area contributed by atoms with Crippen LogP contribution in [0, 0.1) is 13.8 Å². The van der Waals surface area contributed by atoms with Crippen LogP contribution in [0.4, 0.5) is 27.2 Å². The van der Waals surface area contributed by atoms with Gasteiger partial charge in [-0.3, -0.25) is 14.4 Å². The number of ether oxygens (including phenoxy) is 2. The van der Waals surface area contributed by atoms with Crippen molar-refractivity contribution >= 4 is 69.3 Å². The van der Waals surface area contributed by atoms with Crippen LogP contribution < -0.4 is 20.9 Å². The number of hydrogen-bond acceptors (Lipinski definition) is 12. The summed E-state index contributed by atoms with van der Waals surface area (Å²) in [7, 11) is 0. The van der Waals surface area contributed by atoms with E-state index in [-0.39, 0.29) is 12.3 Å². The Morgan fingerprint density at radius 2 is 1.65 bits per heavy atom. The first-order valence-corrected chi connectivity index (χ1v) is 17.0. The molecular weight excluding hydrogens is 672 g/mol. The molecule has 1 aliphatic rings. The van der Waals surface area contributed by atoms with Crippen LogP contribution in [0.5, 0.6) is 0 Å². The predicted molar refractivity (Wildman–Crippen MR) is 189 cm³/mol. The number of para-hydroxylation sites is 1. The molecule has 0 bridgehead atoms. The van der Waals surface area contributed by atoms with Crippen molar-refractivity contribution in [2.75, 3.05) is 41.7 Å². The molecule has 0 unspecified atom stereocenters. The summed E-state index contributed by atoms with van der Waals surface area (Å²) in [6, 6.07) is 6.00. The number of alkyl carbamates (subject to hydrolysis) is 1. The van der Waals surface area contributed by atoms with Gasteiger partial charge in [0.05, 0.1) is 23.3 Å². The zero-order valence-electron chi connectivity index (χ0n) is 29.0. The first-order chi connectivity index (χ1) is 22.9. The number of esters is 1. The number of halogens is 1. The Labute approximate surface area is 294 Å². The van der Waals surface area contributed by atoms with Gasteiger partial charge in [-0.2, -0.15) is 0 Å². The standard InChI is InChI=1S/C33H43ClN8O6S/c1-19-10-9-11-21(34)27(19)40-28(44)23-18-35-30(49-23)39-24-17-25(37-20(2)36-24)41-12-14-42(15-13-41)29(45)22(16-26(43)47-32(3,4)5)38-31(46)48-33(6,7)8/h9-11,17-18,22H,12-16H2,1-8H3,(H,38,46)(H,40,44)(H,35,36,37,39)/t22-/m0/s1. The molecule has 4 rings (SSSR count). The van der Waals surface area contributed by atoms with Crippen LogP contribution in [0.2, 0.25) is 5.02 Å². The third kappa shape index (κ3) is 11.0. The number of carbonyl (C=O) groups is 4. The van der Waals surface area contributed by atoms with E-state index in [2.05, 4.69) is 30.9 Å². The number of hydrogen-bond donors (Lipinski definition) is 3. The molecule has 1 aliphatic heterocycles. The number of piperazine rings is 1. The number of rotatable bonds is 9. The van der Waals surface area contributed by atoms with Crippen molar-refractivity contribution in [3.05, 3.63) is 51.7 Å². The van der Waals surface area contributed by atoms with E-state index in [9.17, 15) is 19.2 Å². The van der Waals surface area contributed by atoms with Crippen molar-refractivity contribution in [2.24, 2.45) is 0 Å². The summed E-state index contributed by atoms with van der Waals surface area (Å²) in [6.45, 7) is 15.5. The van der Waals surface area contributed by atoms with Gasteiger partial charge in [-0.05, 0) is 67.0 Å². The number of nitrogens with one attached hydrogen (secondary N) is 3. The molecule has 3 heterocycles. The van der Waals surface area contributed by atoms with Gasteiger partial charge in [-0.15, -0.1) is 0 Å². The third-order valence-corrected chi connectivity index (χ3v) is 8.17.